The molecule has 3 aromatic rings. The highest BCUT2D eigenvalue weighted by atomic mass is 35.5. The van der Waals surface area contributed by atoms with E-state index in [-0.39, 0.29) is 22.0 Å². The predicted molar refractivity (Wildman–Crippen MR) is 105 cm³/mol. The van der Waals surface area contributed by atoms with Crippen LogP contribution in [0.15, 0.2) is 60.8 Å². The molecule has 0 saturated heterocycles. The molecule has 6 nitrogen and oxygen atoms in total. The van der Waals surface area contributed by atoms with Crippen molar-refractivity contribution in [3.63, 3.8) is 0 Å². The van der Waals surface area contributed by atoms with E-state index in [1.807, 2.05) is 0 Å². The van der Waals surface area contributed by atoms with E-state index in [4.69, 9.17) is 11.6 Å². The molecule has 2 N–H and O–H groups in total. The lowest BCUT2D eigenvalue weighted by Crippen LogP contribution is -2.14. The van der Waals surface area contributed by atoms with Crippen LogP contribution >= 0.6 is 11.6 Å². The molecule has 0 unspecified atom stereocenters. The number of rotatable bonds is 5. The smallest absolute Gasteiger partial charge is 0.337 e. The largest absolute Gasteiger partial charge is 0.465 e. The van der Waals surface area contributed by atoms with Gasteiger partial charge in [-0.25, -0.2) is 14.2 Å². The van der Waals surface area contributed by atoms with Crippen molar-refractivity contribution in [1.29, 1.82) is 0 Å². The second kappa shape index (κ2) is 8.49. The van der Waals surface area contributed by atoms with Crippen LogP contribution in [0.2, 0.25) is 5.02 Å². The number of amides is 1. The third-order valence-electron chi connectivity index (χ3n) is 3.78. The van der Waals surface area contributed by atoms with Crippen molar-refractivity contribution in [1.82, 2.24) is 4.98 Å². The quantitative estimate of drug-likeness (QED) is 0.610. The summed E-state index contributed by atoms with van der Waals surface area (Å²) in [6, 6.07) is 13.7. The molecule has 0 aliphatic carbocycles. The highest BCUT2D eigenvalue weighted by Gasteiger charge is 2.13. The van der Waals surface area contributed by atoms with Crippen LogP contribution in [0.1, 0.15) is 20.8 Å². The van der Waals surface area contributed by atoms with E-state index in [0.29, 0.717) is 11.4 Å². The minimum Gasteiger partial charge on any atom is -0.465 e. The summed E-state index contributed by atoms with van der Waals surface area (Å²) >= 11 is 6.07. The fourth-order valence-electron chi connectivity index (χ4n) is 2.37. The first-order valence-corrected chi connectivity index (χ1v) is 8.52. The van der Waals surface area contributed by atoms with Crippen molar-refractivity contribution in [3.8, 4) is 0 Å². The average molecular weight is 400 g/mol. The monoisotopic (exact) mass is 399 g/mol. The number of halogens is 2. The Morgan fingerprint density at radius 1 is 1.07 bits per heavy atom. The molecule has 1 heterocycles. The van der Waals surface area contributed by atoms with Crippen molar-refractivity contribution >= 4 is 40.5 Å². The van der Waals surface area contributed by atoms with Gasteiger partial charge in [0.2, 0.25) is 0 Å². The van der Waals surface area contributed by atoms with Crippen molar-refractivity contribution in [2.75, 3.05) is 17.7 Å². The summed E-state index contributed by atoms with van der Waals surface area (Å²) in [5, 5.41) is 5.75. The lowest BCUT2D eigenvalue weighted by Gasteiger charge is -2.10. The fourth-order valence-corrected chi connectivity index (χ4v) is 2.54. The van der Waals surface area contributed by atoms with Gasteiger partial charge < -0.3 is 15.4 Å². The number of anilines is 3. The van der Waals surface area contributed by atoms with Crippen molar-refractivity contribution < 1.29 is 18.7 Å². The van der Waals surface area contributed by atoms with E-state index in [9.17, 15) is 14.0 Å². The van der Waals surface area contributed by atoms with Gasteiger partial charge >= 0.3 is 5.97 Å². The Hall–Kier alpha value is -3.45. The van der Waals surface area contributed by atoms with Gasteiger partial charge in [0.1, 0.15) is 11.5 Å². The first kappa shape index (κ1) is 19.3. The number of pyridine rings is 1. The van der Waals surface area contributed by atoms with Crippen LogP contribution in [0.25, 0.3) is 0 Å². The average Bonchev–Trinajstić information content (AvgIpc) is 2.71. The Kier molecular flexibility index (Phi) is 5.86. The van der Waals surface area contributed by atoms with Gasteiger partial charge in [0.05, 0.1) is 41.0 Å². The van der Waals surface area contributed by atoms with Gasteiger partial charge in [0.25, 0.3) is 5.91 Å². The van der Waals surface area contributed by atoms with Gasteiger partial charge in [-0.05, 0) is 42.5 Å². The number of benzene rings is 2. The lowest BCUT2D eigenvalue weighted by atomic mass is 10.2. The third kappa shape index (κ3) is 4.44. The van der Waals surface area contributed by atoms with Gasteiger partial charge in [0, 0.05) is 0 Å². The second-order valence-corrected chi connectivity index (χ2v) is 6.08. The number of hydrogen-bond donors (Lipinski definition) is 2. The number of carbonyl (C=O) groups is 2. The van der Waals surface area contributed by atoms with E-state index in [1.54, 1.807) is 24.3 Å². The summed E-state index contributed by atoms with van der Waals surface area (Å²) in [7, 11) is 1.26. The topological polar surface area (TPSA) is 80.3 Å². The number of ether oxygens (including phenoxy) is 1. The first-order valence-electron chi connectivity index (χ1n) is 8.15. The molecule has 1 amide bonds. The molecule has 8 heteroatoms. The Morgan fingerprint density at radius 2 is 1.86 bits per heavy atom. The number of methoxy groups -OCH3 is 1. The van der Waals surface area contributed by atoms with Crippen LogP contribution in [0.4, 0.5) is 21.5 Å². The van der Waals surface area contributed by atoms with Crippen molar-refractivity contribution in [2.24, 2.45) is 0 Å². The first-order chi connectivity index (χ1) is 13.5. The van der Waals surface area contributed by atoms with Crippen LogP contribution < -0.4 is 10.6 Å². The number of nitrogens with zero attached hydrogens (tertiary/aromatic N) is 1. The van der Waals surface area contributed by atoms with Crippen LogP contribution in [0.3, 0.4) is 0 Å². The van der Waals surface area contributed by atoms with Gasteiger partial charge in [-0.1, -0.05) is 23.7 Å². The summed E-state index contributed by atoms with van der Waals surface area (Å²) in [5.74, 6) is -1.46. The van der Waals surface area contributed by atoms with Crippen molar-refractivity contribution in [3.05, 3.63) is 82.9 Å². The minimum atomic E-state index is -0.547. The zero-order valence-electron chi connectivity index (χ0n) is 14.7. The maximum atomic E-state index is 13.7. The number of hydrogen-bond acceptors (Lipinski definition) is 5. The maximum Gasteiger partial charge on any atom is 0.337 e. The molecule has 0 aliphatic heterocycles. The van der Waals surface area contributed by atoms with Gasteiger partial charge in [-0.3, -0.25) is 4.79 Å². The molecule has 2 aromatic carbocycles. The predicted octanol–water partition coefficient (Wildman–Crippen LogP) is 4.66. The van der Waals surface area contributed by atoms with Crippen LogP contribution in [0.5, 0.6) is 0 Å². The molecule has 3 rings (SSSR count). The molecular formula is C20H15ClFN3O3. The lowest BCUT2D eigenvalue weighted by molar-refractivity contribution is 0.0600. The van der Waals surface area contributed by atoms with E-state index in [0.717, 1.165) is 0 Å². The summed E-state index contributed by atoms with van der Waals surface area (Å²) in [4.78, 5) is 28.1. The van der Waals surface area contributed by atoms with E-state index < -0.39 is 17.7 Å². The van der Waals surface area contributed by atoms with Gasteiger partial charge in [-0.15, -0.1) is 0 Å². The van der Waals surface area contributed by atoms with Crippen LogP contribution in [-0.4, -0.2) is 24.0 Å². The molecule has 142 valence electrons. The molecule has 0 bridgehead atoms. The number of esters is 1. The Bertz CT molecular complexity index is 1030. The molecule has 0 fully saturated rings. The summed E-state index contributed by atoms with van der Waals surface area (Å²) in [5.41, 5.74) is 1.45. The molecule has 0 radical (unpaired) electrons. The standard InChI is InChI=1S/C20H15ClFN3O3/c1-28-20(27)12-6-8-14(21)18(10-12)25-19(26)17-9-7-13(11-23-17)24-16-5-3-2-4-15(16)22/h2-11,24H,1H3,(H,25,26). The fraction of sp³-hybridized carbons (Fsp3) is 0.0500. The molecule has 0 aliphatic rings. The Morgan fingerprint density at radius 3 is 2.54 bits per heavy atom. The van der Waals surface area contributed by atoms with E-state index in [2.05, 4.69) is 20.4 Å². The molecule has 0 spiro atoms. The zero-order chi connectivity index (χ0) is 20.1. The summed E-state index contributed by atoms with van der Waals surface area (Å²) in [6.07, 6.45) is 1.41. The van der Waals surface area contributed by atoms with Gasteiger partial charge in [-0.2, -0.15) is 0 Å². The Labute approximate surface area is 165 Å². The number of nitrogens with one attached hydrogen (secondary N) is 2. The van der Waals surface area contributed by atoms with Gasteiger partial charge in [0.15, 0.2) is 0 Å². The summed E-state index contributed by atoms with van der Waals surface area (Å²) < 4.78 is 18.3. The number of aromatic nitrogens is 1. The van der Waals surface area contributed by atoms with E-state index >= 15 is 0 Å². The zero-order valence-corrected chi connectivity index (χ0v) is 15.5. The summed E-state index contributed by atoms with van der Waals surface area (Å²) in [6.45, 7) is 0. The van der Waals surface area contributed by atoms with Crippen LogP contribution in [-0.2, 0) is 4.74 Å². The molecule has 0 saturated carbocycles. The number of carbonyl (C=O) groups excluding carboxylic acids is 2. The highest BCUT2D eigenvalue weighted by molar-refractivity contribution is 6.34. The number of para-hydroxylation sites is 1. The second-order valence-electron chi connectivity index (χ2n) is 5.68. The molecule has 28 heavy (non-hydrogen) atoms. The molecular weight excluding hydrogens is 385 g/mol. The minimum absolute atomic E-state index is 0.124. The van der Waals surface area contributed by atoms with E-state index in [1.165, 1.54) is 43.6 Å². The SMILES string of the molecule is COC(=O)c1ccc(Cl)c(NC(=O)c2ccc(Nc3ccccc3F)cn2)c1. The maximum absolute atomic E-state index is 13.7. The molecule has 0 atom stereocenters. The third-order valence-corrected chi connectivity index (χ3v) is 4.11. The highest BCUT2D eigenvalue weighted by Crippen LogP contribution is 2.24. The normalized spacial score (nSPS) is 10.2. The van der Waals surface area contributed by atoms with Crippen molar-refractivity contribution in [2.45, 2.75) is 0 Å². The molecule has 1 aromatic heterocycles. The van der Waals surface area contributed by atoms with Crippen LogP contribution in [0, 0.1) is 5.82 Å². The Balaban J connectivity index is 1.73.